The van der Waals surface area contributed by atoms with Gasteiger partial charge in [-0.1, -0.05) is 12.1 Å². The van der Waals surface area contributed by atoms with E-state index in [9.17, 15) is 22.0 Å². The molecule has 1 saturated carbocycles. The van der Waals surface area contributed by atoms with Crippen LogP contribution < -0.4 is 10.0 Å². The Labute approximate surface area is 150 Å². The molecule has 8 heteroatoms. The van der Waals surface area contributed by atoms with E-state index in [2.05, 4.69) is 10.0 Å². The molecule has 0 heterocycles. The summed E-state index contributed by atoms with van der Waals surface area (Å²) in [5.41, 5.74) is 0.564. The van der Waals surface area contributed by atoms with Gasteiger partial charge in [0.15, 0.2) is 11.6 Å². The quantitative estimate of drug-likeness (QED) is 0.809. The van der Waals surface area contributed by atoms with Crippen LogP contribution in [0.2, 0.25) is 0 Å². The molecule has 1 amide bonds. The zero-order valence-electron chi connectivity index (χ0n) is 14.0. The highest BCUT2D eigenvalue weighted by Gasteiger charge is 2.28. The van der Waals surface area contributed by atoms with Crippen LogP contribution in [0.3, 0.4) is 0 Å². The standard InChI is InChI=1S/C18H18F2N2O3S/c1-11(12-5-8-16(19)17(20)10-12)21-18(23)13-3-2-4-15(9-13)26(24,25)22-14-6-7-14/h2-5,8-11,14,22H,6-7H2,1H3,(H,21,23)/t11-/m1/s1. The maximum atomic E-state index is 13.3. The maximum Gasteiger partial charge on any atom is 0.251 e. The van der Waals surface area contributed by atoms with Crippen LogP contribution in [0.5, 0.6) is 0 Å². The fraction of sp³-hybridized carbons (Fsp3) is 0.278. The molecule has 26 heavy (non-hydrogen) atoms. The molecule has 2 N–H and O–H groups in total. The Morgan fingerprint density at radius 2 is 1.85 bits per heavy atom. The number of nitrogens with one attached hydrogen (secondary N) is 2. The van der Waals surface area contributed by atoms with E-state index in [1.165, 1.54) is 30.3 Å². The molecule has 1 atom stereocenters. The highest BCUT2D eigenvalue weighted by Crippen LogP contribution is 2.23. The summed E-state index contributed by atoms with van der Waals surface area (Å²) in [5, 5.41) is 2.65. The fourth-order valence-electron chi connectivity index (χ4n) is 2.44. The van der Waals surface area contributed by atoms with Crippen molar-refractivity contribution in [2.45, 2.75) is 36.7 Å². The predicted molar refractivity (Wildman–Crippen MR) is 92.0 cm³/mol. The van der Waals surface area contributed by atoms with Crippen LogP contribution in [0.4, 0.5) is 8.78 Å². The van der Waals surface area contributed by atoms with Gasteiger partial charge < -0.3 is 5.32 Å². The van der Waals surface area contributed by atoms with E-state index >= 15 is 0 Å². The van der Waals surface area contributed by atoms with E-state index in [4.69, 9.17) is 0 Å². The summed E-state index contributed by atoms with van der Waals surface area (Å²) < 4.78 is 53.4. The number of carbonyl (C=O) groups excluding carboxylic acids is 1. The Hall–Kier alpha value is -2.32. The molecular formula is C18H18F2N2O3S. The van der Waals surface area contributed by atoms with Crippen molar-refractivity contribution in [2.24, 2.45) is 0 Å². The highest BCUT2D eigenvalue weighted by molar-refractivity contribution is 7.89. The largest absolute Gasteiger partial charge is 0.346 e. The average molecular weight is 380 g/mol. The van der Waals surface area contributed by atoms with Crippen molar-refractivity contribution >= 4 is 15.9 Å². The number of halogens is 2. The van der Waals surface area contributed by atoms with Gasteiger partial charge in [-0.15, -0.1) is 0 Å². The van der Waals surface area contributed by atoms with Crippen LogP contribution in [0.25, 0.3) is 0 Å². The number of benzene rings is 2. The molecule has 138 valence electrons. The van der Waals surface area contributed by atoms with Crippen molar-refractivity contribution in [1.82, 2.24) is 10.0 Å². The Morgan fingerprint density at radius 1 is 1.12 bits per heavy atom. The first kappa shape index (κ1) is 18.5. The predicted octanol–water partition coefficient (Wildman–Crippen LogP) is 2.90. The van der Waals surface area contributed by atoms with Crippen molar-refractivity contribution < 1.29 is 22.0 Å². The molecule has 0 saturated heterocycles. The van der Waals surface area contributed by atoms with Gasteiger partial charge in [-0.05, 0) is 55.7 Å². The number of hydrogen-bond donors (Lipinski definition) is 2. The van der Waals surface area contributed by atoms with Gasteiger partial charge in [0.05, 0.1) is 10.9 Å². The first-order chi connectivity index (χ1) is 12.3. The van der Waals surface area contributed by atoms with Crippen molar-refractivity contribution in [3.8, 4) is 0 Å². The van der Waals surface area contributed by atoms with E-state index < -0.39 is 33.6 Å². The van der Waals surface area contributed by atoms with Gasteiger partial charge in [-0.2, -0.15) is 0 Å². The lowest BCUT2D eigenvalue weighted by Gasteiger charge is -2.15. The minimum absolute atomic E-state index is 0.0116. The summed E-state index contributed by atoms with van der Waals surface area (Å²) in [7, 11) is -3.67. The Kier molecular flexibility index (Phi) is 5.06. The molecule has 0 unspecified atom stereocenters. The zero-order chi connectivity index (χ0) is 18.9. The van der Waals surface area contributed by atoms with Gasteiger partial charge in [-0.25, -0.2) is 21.9 Å². The molecule has 3 rings (SSSR count). The monoisotopic (exact) mass is 380 g/mol. The number of sulfonamides is 1. The maximum absolute atomic E-state index is 13.3. The third kappa shape index (κ3) is 4.25. The van der Waals surface area contributed by atoms with Crippen LogP contribution >= 0.6 is 0 Å². The number of amides is 1. The van der Waals surface area contributed by atoms with Crippen molar-refractivity contribution in [3.63, 3.8) is 0 Å². The summed E-state index contributed by atoms with van der Waals surface area (Å²) >= 11 is 0. The number of rotatable bonds is 6. The molecule has 0 aliphatic heterocycles. The van der Waals surface area contributed by atoms with Gasteiger partial charge >= 0.3 is 0 Å². The molecule has 1 fully saturated rings. The van der Waals surface area contributed by atoms with E-state index in [0.29, 0.717) is 5.56 Å². The number of carbonyl (C=O) groups is 1. The second-order valence-electron chi connectivity index (χ2n) is 6.29. The molecule has 0 radical (unpaired) electrons. The van der Waals surface area contributed by atoms with Gasteiger partial charge in [0.1, 0.15) is 0 Å². The second kappa shape index (κ2) is 7.13. The lowest BCUT2D eigenvalue weighted by atomic mass is 10.1. The van der Waals surface area contributed by atoms with E-state index in [0.717, 1.165) is 25.0 Å². The molecule has 2 aromatic carbocycles. The third-order valence-electron chi connectivity index (χ3n) is 4.10. The van der Waals surface area contributed by atoms with Crippen LogP contribution in [0, 0.1) is 11.6 Å². The fourth-order valence-corrected chi connectivity index (χ4v) is 3.79. The lowest BCUT2D eigenvalue weighted by Crippen LogP contribution is -2.28. The van der Waals surface area contributed by atoms with Crippen LogP contribution in [0.1, 0.15) is 41.7 Å². The highest BCUT2D eigenvalue weighted by atomic mass is 32.2. The molecule has 1 aliphatic carbocycles. The molecule has 5 nitrogen and oxygen atoms in total. The van der Waals surface area contributed by atoms with E-state index in [-0.39, 0.29) is 16.5 Å². The summed E-state index contributed by atoms with van der Waals surface area (Å²) in [6.45, 7) is 1.62. The molecule has 2 aromatic rings. The Morgan fingerprint density at radius 3 is 2.50 bits per heavy atom. The second-order valence-corrected chi connectivity index (χ2v) is 8.01. The third-order valence-corrected chi connectivity index (χ3v) is 5.62. The SMILES string of the molecule is C[C@@H](NC(=O)c1cccc(S(=O)(=O)NC2CC2)c1)c1ccc(F)c(F)c1. The van der Waals surface area contributed by atoms with Gasteiger partial charge in [-0.3, -0.25) is 4.79 Å². The van der Waals surface area contributed by atoms with Crippen molar-refractivity contribution in [1.29, 1.82) is 0 Å². The number of hydrogen-bond acceptors (Lipinski definition) is 3. The molecule has 1 aliphatic rings. The van der Waals surface area contributed by atoms with Gasteiger partial charge in [0.25, 0.3) is 5.91 Å². The van der Waals surface area contributed by atoms with Crippen molar-refractivity contribution in [2.75, 3.05) is 0 Å². The zero-order valence-corrected chi connectivity index (χ0v) is 14.8. The van der Waals surface area contributed by atoms with Crippen LogP contribution in [-0.2, 0) is 10.0 Å². The van der Waals surface area contributed by atoms with E-state index in [1.54, 1.807) is 6.92 Å². The molecule has 0 bridgehead atoms. The van der Waals surface area contributed by atoms with E-state index in [1.807, 2.05) is 0 Å². The molecule has 0 aromatic heterocycles. The molecule has 0 spiro atoms. The lowest BCUT2D eigenvalue weighted by molar-refractivity contribution is 0.0939. The topological polar surface area (TPSA) is 75.3 Å². The first-order valence-electron chi connectivity index (χ1n) is 8.14. The summed E-state index contributed by atoms with van der Waals surface area (Å²) in [6.07, 6.45) is 1.62. The smallest absolute Gasteiger partial charge is 0.251 e. The molecular weight excluding hydrogens is 362 g/mol. The van der Waals surface area contributed by atoms with Gasteiger partial charge in [0.2, 0.25) is 10.0 Å². The first-order valence-corrected chi connectivity index (χ1v) is 9.63. The van der Waals surface area contributed by atoms with Crippen LogP contribution in [-0.4, -0.2) is 20.4 Å². The summed E-state index contributed by atoms with van der Waals surface area (Å²) in [5.74, 6) is -2.47. The average Bonchev–Trinajstić information content (AvgIpc) is 3.40. The minimum Gasteiger partial charge on any atom is -0.346 e. The summed E-state index contributed by atoms with van der Waals surface area (Å²) in [4.78, 5) is 12.4. The summed E-state index contributed by atoms with van der Waals surface area (Å²) in [6, 6.07) is 8.45. The normalized spacial score (nSPS) is 15.5. The Bertz CT molecular complexity index is 943. The van der Waals surface area contributed by atoms with Crippen LogP contribution in [0.15, 0.2) is 47.4 Å². The minimum atomic E-state index is -3.67. The van der Waals surface area contributed by atoms with Crippen molar-refractivity contribution in [3.05, 3.63) is 65.2 Å². The Balaban J connectivity index is 1.75. The van der Waals surface area contributed by atoms with Gasteiger partial charge in [0, 0.05) is 11.6 Å².